The number of hydrogen-bond donors (Lipinski definition) is 1. The Bertz CT molecular complexity index is 907. The van der Waals surface area contributed by atoms with Crippen LogP contribution in [-0.4, -0.2) is 4.98 Å². The maximum Gasteiger partial charge on any atom is 0.150 e. The largest absolute Gasteiger partial charge is 0.352 e. The van der Waals surface area contributed by atoms with E-state index in [4.69, 9.17) is 0 Å². The lowest BCUT2D eigenvalue weighted by Gasteiger charge is -2.26. The van der Waals surface area contributed by atoms with Gasteiger partial charge >= 0.3 is 0 Å². The molecule has 0 spiro atoms. The number of aromatic nitrogens is 1. The zero-order valence-corrected chi connectivity index (χ0v) is 12.7. The van der Waals surface area contributed by atoms with Gasteiger partial charge in [0.2, 0.25) is 0 Å². The Morgan fingerprint density at radius 1 is 1.00 bits per heavy atom. The molecule has 1 heterocycles. The predicted molar refractivity (Wildman–Crippen MR) is 84.9 cm³/mol. The molecule has 0 unspecified atom stereocenters. The Hall–Kier alpha value is -2.23. The predicted octanol–water partition coefficient (Wildman–Crippen LogP) is 5.83. The second kappa shape index (κ2) is 5.15. The van der Waals surface area contributed by atoms with Crippen molar-refractivity contribution in [3.05, 3.63) is 58.9 Å². The highest BCUT2D eigenvalue weighted by Gasteiger charge is 2.28. The number of benzene rings is 2. The zero-order chi connectivity index (χ0) is 16.1. The van der Waals surface area contributed by atoms with E-state index < -0.39 is 11.6 Å². The molecule has 23 heavy (non-hydrogen) atoms. The second-order valence-electron chi connectivity index (χ2n) is 6.32. The molecule has 3 aromatic rings. The van der Waals surface area contributed by atoms with Gasteiger partial charge in [0.25, 0.3) is 0 Å². The molecule has 0 amide bonds. The summed E-state index contributed by atoms with van der Waals surface area (Å²) < 4.78 is 41.4. The van der Waals surface area contributed by atoms with E-state index in [9.17, 15) is 13.2 Å². The van der Waals surface area contributed by atoms with Crippen molar-refractivity contribution in [2.75, 3.05) is 0 Å². The summed E-state index contributed by atoms with van der Waals surface area (Å²) in [6.07, 6.45) is 3.15. The van der Waals surface area contributed by atoms with E-state index in [1.807, 2.05) is 0 Å². The minimum absolute atomic E-state index is 0.271. The van der Waals surface area contributed by atoms with E-state index in [1.165, 1.54) is 12.1 Å². The number of nitrogens with one attached hydrogen (secondary N) is 1. The van der Waals surface area contributed by atoms with Crippen molar-refractivity contribution in [2.24, 2.45) is 0 Å². The molecule has 1 saturated carbocycles. The van der Waals surface area contributed by atoms with Gasteiger partial charge in [0.15, 0.2) is 0 Å². The summed E-state index contributed by atoms with van der Waals surface area (Å²) in [6, 6.07) is 7.13. The third-order valence-corrected chi connectivity index (χ3v) is 4.82. The first-order valence-corrected chi connectivity index (χ1v) is 7.81. The molecule has 1 aliphatic rings. The van der Waals surface area contributed by atoms with Gasteiger partial charge in [0.1, 0.15) is 17.5 Å². The fourth-order valence-electron chi connectivity index (χ4n) is 3.39. The van der Waals surface area contributed by atoms with Crippen molar-refractivity contribution in [3.8, 4) is 11.3 Å². The van der Waals surface area contributed by atoms with Crippen molar-refractivity contribution < 1.29 is 13.2 Å². The molecule has 4 heteroatoms. The normalized spacial score (nSPS) is 15.1. The Morgan fingerprint density at radius 2 is 1.78 bits per heavy atom. The van der Waals surface area contributed by atoms with Gasteiger partial charge in [0, 0.05) is 11.5 Å². The first-order chi connectivity index (χ1) is 11.0. The molecule has 2 aromatic carbocycles. The van der Waals surface area contributed by atoms with Crippen LogP contribution in [0.3, 0.4) is 0 Å². The summed E-state index contributed by atoms with van der Waals surface area (Å²) in [5.74, 6) is -1.14. The van der Waals surface area contributed by atoms with E-state index in [0.717, 1.165) is 42.1 Å². The van der Waals surface area contributed by atoms with Gasteiger partial charge in [-0.3, -0.25) is 0 Å². The van der Waals surface area contributed by atoms with Crippen LogP contribution in [0.2, 0.25) is 0 Å². The van der Waals surface area contributed by atoms with E-state index in [1.54, 1.807) is 19.1 Å². The second-order valence-corrected chi connectivity index (χ2v) is 6.32. The molecule has 4 rings (SSSR count). The molecule has 0 radical (unpaired) electrons. The molecular formula is C19H16F3N. The van der Waals surface area contributed by atoms with Crippen LogP contribution in [0.15, 0.2) is 30.3 Å². The summed E-state index contributed by atoms with van der Waals surface area (Å²) >= 11 is 0. The average molecular weight is 315 g/mol. The van der Waals surface area contributed by atoms with E-state index >= 15 is 0 Å². The third kappa shape index (κ3) is 2.24. The van der Waals surface area contributed by atoms with Crippen molar-refractivity contribution in [1.82, 2.24) is 4.98 Å². The van der Waals surface area contributed by atoms with Gasteiger partial charge in [0.05, 0.1) is 11.2 Å². The number of halogens is 3. The number of fused-ring (bicyclic) bond motifs is 1. The highest BCUT2D eigenvalue weighted by Crippen LogP contribution is 2.45. The van der Waals surface area contributed by atoms with Gasteiger partial charge in [-0.15, -0.1) is 0 Å². The lowest BCUT2D eigenvalue weighted by molar-refractivity contribution is 0.423. The lowest BCUT2D eigenvalue weighted by atomic mass is 9.78. The highest BCUT2D eigenvalue weighted by atomic mass is 19.1. The molecule has 0 aliphatic heterocycles. The van der Waals surface area contributed by atoms with Crippen molar-refractivity contribution >= 4 is 10.9 Å². The van der Waals surface area contributed by atoms with E-state index in [2.05, 4.69) is 4.98 Å². The first kappa shape index (κ1) is 14.4. The van der Waals surface area contributed by atoms with Crippen molar-refractivity contribution in [2.45, 2.75) is 32.1 Å². The van der Waals surface area contributed by atoms with Gasteiger partial charge < -0.3 is 4.98 Å². The van der Waals surface area contributed by atoms with Crippen LogP contribution in [0.5, 0.6) is 0 Å². The quantitative estimate of drug-likeness (QED) is 0.612. The SMILES string of the molecule is Cc1cc(-c2[nH]c3c(F)cc(F)cc3c2C2CCC2)ccc1F. The molecule has 1 aliphatic carbocycles. The van der Waals surface area contributed by atoms with Crippen LogP contribution in [0.4, 0.5) is 13.2 Å². The van der Waals surface area contributed by atoms with E-state index in [0.29, 0.717) is 22.4 Å². The Balaban J connectivity index is 2.01. The molecule has 118 valence electrons. The molecule has 0 saturated heterocycles. The standard InChI is InChI=1S/C19H16F3N/c1-10-7-12(5-6-15(10)21)18-17(11-3-2-4-11)14-8-13(20)9-16(22)19(14)23-18/h5-9,11,23H,2-4H2,1H3. The maximum atomic E-state index is 14.2. The molecule has 1 aromatic heterocycles. The Labute approximate surface area is 132 Å². The molecule has 0 bridgehead atoms. The maximum absolute atomic E-state index is 14.2. The number of H-pyrrole nitrogens is 1. The minimum atomic E-state index is -0.592. The Morgan fingerprint density at radius 3 is 2.43 bits per heavy atom. The van der Waals surface area contributed by atoms with Gasteiger partial charge in [-0.2, -0.15) is 0 Å². The Kier molecular flexibility index (Phi) is 3.22. The molecule has 0 atom stereocenters. The summed E-state index contributed by atoms with van der Waals surface area (Å²) in [5, 5.41) is 0.601. The van der Waals surface area contributed by atoms with Crippen molar-refractivity contribution in [1.29, 1.82) is 0 Å². The van der Waals surface area contributed by atoms with Crippen molar-refractivity contribution in [3.63, 3.8) is 0 Å². The van der Waals surface area contributed by atoms with Gasteiger partial charge in [-0.05, 0) is 66.6 Å². The van der Waals surface area contributed by atoms with Gasteiger partial charge in [-0.25, -0.2) is 13.2 Å². The van der Waals surface area contributed by atoms with Crippen LogP contribution in [-0.2, 0) is 0 Å². The molecule has 1 N–H and O–H groups in total. The number of aryl methyl sites for hydroxylation is 1. The summed E-state index contributed by atoms with van der Waals surface area (Å²) in [7, 11) is 0. The summed E-state index contributed by atoms with van der Waals surface area (Å²) in [4.78, 5) is 3.11. The number of aromatic amines is 1. The zero-order valence-electron chi connectivity index (χ0n) is 12.7. The van der Waals surface area contributed by atoms with Gasteiger partial charge in [-0.1, -0.05) is 6.42 Å². The fraction of sp³-hybridized carbons (Fsp3) is 0.263. The lowest BCUT2D eigenvalue weighted by Crippen LogP contribution is -2.09. The van der Waals surface area contributed by atoms with Crippen LogP contribution < -0.4 is 0 Å². The van der Waals surface area contributed by atoms with Crippen LogP contribution in [0.1, 0.15) is 36.3 Å². The topological polar surface area (TPSA) is 15.8 Å². The third-order valence-electron chi connectivity index (χ3n) is 4.82. The number of rotatable bonds is 2. The molecular weight excluding hydrogens is 299 g/mol. The number of hydrogen-bond acceptors (Lipinski definition) is 0. The monoisotopic (exact) mass is 315 g/mol. The van der Waals surface area contributed by atoms with E-state index in [-0.39, 0.29) is 5.82 Å². The average Bonchev–Trinajstić information content (AvgIpc) is 2.80. The minimum Gasteiger partial charge on any atom is -0.352 e. The molecule has 1 nitrogen and oxygen atoms in total. The van der Waals surface area contributed by atoms with Crippen LogP contribution in [0, 0.1) is 24.4 Å². The molecule has 1 fully saturated rings. The summed E-state index contributed by atoms with van der Waals surface area (Å²) in [5.41, 5.74) is 3.40. The van der Waals surface area contributed by atoms with Crippen LogP contribution >= 0.6 is 0 Å². The highest BCUT2D eigenvalue weighted by molar-refractivity contribution is 5.92. The van der Waals surface area contributed by atoms with Crippen LogP contribution in [0.25, 0.3) is 22.2 Å². The fourth-order valence-corrected chi connectivity index (χ4v) is 3.39. The summed E-state index contributed by atoms with van der Waals surface area (Å²) in [6.45, 7) is 1.70. The smallest absolute Gasteiger partial charge is 0.150 e. The first-order valence-electron chi connectivity index (χ1n) is 7.81.